The number of guanidine groups is 1. The average molecular weight is 427 g/mol. The fourth-order valence-electron chi connectivity index (χ4n) is 3.59. The number of nitrogens with one attached hydrogen (secondary N) is 2. The van der Waals surface area contributed by atoms with Gasteiger partial charge in [0.2, 0.25) is 5.89 Å². The zero-order valence-corrected chi connectivity index (χ0v) is 19.7. The summed E-state index contributed by atoms with van der Waals surface area (Å²) in [6.07, 6.45) is 1.80. The molecule has 0 saturated carbocycles. The van der Waals surface area contributed by atoms with Gasteiger partial charge in [-0.3, -0.25) is 9.89 Å². The van der Waals surface area contributed by atoms with Gasteiger partial charge in [-0.15, -0.1) is 0 Å². The second-order valence-corrected chi connectivity index (χ2v) is 9.17. The Bertz CT molecular complexity index is 828. The first-order valence-corrected chi connectivity index (χ1v) is 11.3. The van der Waals surface area contributed by atoms with E-state index < -0.39 is 0 Å². The highest BCUT2D eigenvalue weighted by Gasteiger charge is 2.19. The van der Waals surface area contributed by atoms with E-state index in [4.69, 9.17) is 4.42 Å². The van der Waals surface area contributed by atoms with Gasteiger partial charge >= 0.3 is 0 Å². The van der Waals surface area contributed by atoms with E-state index in [0.717, 1.165) is 37.9 Å². The van der Waals surface area contributed by atoms with Crippen molar-refractivity contribution < 1.29 is 4.42 Å². The fraction of sp³-hybridized carbons (Fsp3) is 0.583. The van der Waals surface area contributed by atoms with Crippen LogP contribution in [0.25, 0.3) is 0 Å². The number of piperazine rings is 1. The van der Waals surface area contributed by atoms with Crippen LogP contribution in [0.1, 0.15) is 50.5 Å². The third-order valence-corrected chi connectivity index (χ3v) is 5.72. The summed E-state index contributed by atoms with van der Waals surface area (Å²) in [5.41, 5.74) is 2.56. The summed E-state index contributed by atoms with van der Waals surface area (Å²) >= 11 is 0. The van der Waals surface area contributed by atoms with Gasteiger partial charge in [-0.1, -0.05) is 52.0 Å². The van der Waals surface area contributed by atoms with Gasteiger partial charge in [0.05, 0.1) is 12.7 Å². The molecule has 1 aromatic carbocycles. The van der Waals surface area contributed by atoms with Gasteiger partial charge in [0.15, 0.2) is 5.96 Å². The van der Waals surface area contributed by atoms with E-state index in [2.05, 4.69) is 82.4 Å². The van der Waals surface area contributed by atoms with E-state index in [-0.39, 0.29) is 5.41 Å². The average Bonchev–Trinajstić information content (AvgIpc) is 3.25. The molecule has 0 spiro atoms. The molecule has 1 aromatic heterocycles. The minimum Gasteiger partial charge on any atom is -0.443 e. The lowest BCUT2D eigenvalue weighted by molar-refractivity contribution is 0.132. The minimum atomic E-state index is -0.0405. The van der Waals surface area contributed by atoms with Crippen LogP contribution in [-0.2, 0) is 25.0 Å². The van der Waals surface area contributed by atoms with Crippen molar-refractivity contribution in [3.63, 3.8) is 0 Å². The van der Waals surface area contributed by atoms with E-state index in [1.54, 1.807) is 13.2 Å². The van der Waals surface area contributed by atoms with Crippen LogP contribution in [0.5, 0.6) is 0 Å². The van der Waals surface area contributed by atoms with Crippen LogP contribution < -0.4 is 10.6 Å². The largest absolute Gasteiger partial charge is 0.443 e. The van der Waals surface area contributed by atoms with Crippen LogP contribution in [0.3, 0.4) is 0 Å². The van der Waals surface area contributed by atoms with Crippen LogP contribution >= 0.6 is 0 Å². The van der Waals surface area contributed by atoms with Crippen molar-refractivity contribution in [3.05, 3.63) is 53.2 Å². The van der Waals surface area contributed by atoms with Crippen molar-refractivity contribution in [2.24, 2.45) is 4.99 Å². The Labute approximate surface area is 186 Å². The smallest absolute Gasteiger partial charge is 0.213 e. The number of rotatable bonds is 7. The molecule has 0 unspecified atom stereocenters. The van der Waals surface area contributed by atoms with E-state index in [1.165, 1.54) is 24.2 Å². The Morgan fingerprint density at radius 2 is 1.61 bits per heavy atom. The molecule has 2 N–H and O–H groups in total. The lowest BCUT2D eigenvalue weighted by atomic mass is 9.94. The Hall–Kier alpha value is -2.38. The number of benzene rings is 1. The van der Waals surface area contributed by atoms with E-state index >= 15 is 0 Å². The van der Waals surface area contributed by atoms with Gasteiger partial charge < -0.3 is 20.0 Å². The molecule has 1 saturated heterocycles. The number of hydrogen-bond donors (Lipinski definition) is 2. The molecular weight excluding hydrogens is 388 g/mol. The molecule has 2 aromatic rings. The van der Waals surface area contributed by atoms with Gasteiger partial charge in [0, 0.05) is 51.7 Å². The third-order valence-electron chi connectivity index (χ3n) is 5.72. The Kier molecular flexibility index (Phi) is 8.09. The Balaban J connectivity index is 1.42. The maximum atomic E-state index is 5.83. The van der Waals surface area contributed by atoms with Gasteiger partial charge in [-0.2, -0.15) is 0 Å². The normalized spacial score (nSPS) is 16.5. The molecule has 0 atom stereocenters. The van der Waals surface area contributed by atoms with Crippen LogP contribution in [-0.4, -0.2) is 60.5 Å². The molecule has 3 rings (SSSR count). The van der Waals surface area contributed by atoms with Crippen molar-refractivity contribution >= 4 is 5.96 Å². The molecular formula is C24H38N6O. The van der Waals surface area contributed by atoms with Crippen LogP contribution in [0.4, 0.5) is 0 Å². The van der Waals surface area contributed by atoms with Crippen molar-refractivity contribution in [2.45, 2.75) is 52.7 Å². The molecule has 0 amide bonds. The molecule has 0 radical (unpaired) electrons. The number of likely N-dealkylation sites (N-methyl/N-ethyl adjacent to an activating group) is 1. The second-order valence-electron chi connectivity index (χ2n) is 9.17. The molecule has 1 fully saturated rings. The Morgan fingerprint density at radius 3 is 2.19 bits per heavy atom. The molecule has 0 bridgehead atoms. The van der Waals surface area contributed by atoms with E-state index in [1.807, 2.05) is 0 Å². The molecule has 0 aliphatic carbocycles. The summed E-state index contributed by atoms with van der Waals surface area (Å²) in [6, 6.07) is 8.86. The number of aliphatic imine (C=N–C) groups is 1. The minimum absolute atomic E-state index is 0.0405. The molecule has 2 heterocycles. The predicted molar refractivity (Wildman–Crippen MR) is 126 cm³/mol. The lowest BCUT2D eigenvalue weighted by Crippen LogP contribution is -2.45. The first kappa shape index (κ1) is 23.3. The summed E-state index contributed by atoms with van der Waals surface area (Å²) in [5.74, 6) is 2.28. The second kappa shape index (κ2) is 10.8. The first-order chi connectivity index (χ1) is 14.9. The standard InChI is InChI=1S/C24H38N6O/c1-6-29-11-13-30(14-12-29)18-20-9-7-19(8-10-20)15-27-23(25-5)28-17-22-26-16-21(31-22)24(2,3)4/h7-10,16H,6,11-15,17-18H2,1-5H3,(H2,25,27,28). The number of aromatic nitrogens is 1. The number of hydrogen-bond acceptors (Lipinski definition) is 5. The van der Waals surface area contributed by atoms with Crippen molar-refractivity contribution in [1.29, 1.82) is 0 Å². The summed E-state index contributed by atoms with van der Waals surface area (Å²) < 4.78 is 5.83. The molecule has 170 valence electrons. The molecule has 1 aliphatic heterocycles. The van der Waals surface area contributed by atoms with Crippen LogP contribution in [0.15, 0.2) is 39.9 Å². The van der Waals surface area contributed by atoms with Gasteiger partial charge in [0.1, 0.15) is 5.76 Å². The summed E-state index contributed by atoms with van der Waals surface area (Å²) in [4.78, 5) is 13.7. The number of oxazole rings is 1. The molecule has 31 heavy (non-hydrogen) atoms. The summed E-state index contributed by atoms with van der Waals surface area (Å²) in [7, 11) is 1.77. The van der Waals surface area contributed by atoms with Gasteiger partial charge in [0.25, 0.3) is 0 Å². The topological polar surface area (TPSA) is 68.9 Å². The van der Waals surface area contributed by atoms with Gasteiger partial charge in [-0.05, 0) is 17.7 Å². The monoisotopic (exact) mass is 426 g/mol. The molecule has 7 nitrogen and oxygen atoms in total. The summed E-state index contributed by atoms with van der Waals surface area (Å²) in [6.45, 7) is 16.6. The zero-order valence-electron chi connectivity index (χ0n) is 19.7. The van der Waals surface area contributed by atoms with E-state index in [0.29, 0.717) is 19.0 Å². The predicted octanol–water partition coefficient (Wildman–Crippen LogP) is 2.97. The van der Waals surface area contributed by atoms with E-state index in [9.17, 15) is 0 Å². The zero-order chi connectivity index (χ0) is 22.3. The maximum Gasteiger partial charge on any atom is 0.213 e. The highest BCUT2D eigenvalue weighted by atomic mass is 16.4. The summed E-state index contributed by atoms with van der Waals surface area (Å²) in [5, 5.41) is 6.63. The third kappa shape index (κ3) is 7.08. The van der Waals surface area contributed by atoms with Crippen LogP contribution in [0, 0.1) is 0 Å². The van der Waals surface area contributed by atoms with Crippen molar-refractivity contribution in [2.75, 3.05) is 39.8 Å². The maximum absolute atomic E-state index is 5.83. The first-order valence-electron chi connectivity index (χ1n) is 11.3. The van der Waals surface area contributed by atoms with Crippen molar-refractivity contribution in [1.82, 2.24) is 25.4 Å². The molecule has 1 aliphatic rings. The highest BCUT2D eigenvalue weighted by molar-refractivity contribution is 5.79. The SMILES string of the molecule is CCN1CCN(Cc2ccc(CNC(=NC)NCc3ncc(C(C)(C)C)o3)cc2)CC1. The van der Waals surface area contributed by atoms with Crippen LogP contribution in [0.2, 0.25) is 0 Å². The highest BCUT2D eigenvalue weighted by Crippen LogP contribution is 2.22. The quantitative estimate of drug-likeness (QED) is 0.524. The Morgan fingerprint density at radius 1 is 1.00 bits per heavy atom. The fourth-order valence-corrected chi connectivity index (χ4v) is 3.59. The number of nitrogens with zero attached hydrogens (tertiary/aromatic N) is 4. The van der Waals surface area contributed by atoms with Crippen molar-refractivity contribution in [3.8, 4) is 0 Å². The molecule has 7 heteroatoms. The lowest BCUT2D eigenvalue weighted by Gasteiger charge is -2.34. The van der Waals surface area contributed by atoms with Gasteiger partial charge in [-0.25, -0.2) is 4.98 Å².